The van der Waals surface area contributed by atoms with Gasteiger partial charge in [-0.2, -0.15) is 0 Å². The van der Waals surface area contributed by atoms with Crippen molar-refractivity contribution < 1.29 is 17.9 Å². The molecule has 30 heavy (non-hydrogen) atoms. The second kappa shape index (κ2) is 9.32. The highest BCUT2D eigenvalue weighted by Gasteiger charge is 2.27. The van der Waals surface area contributed by atoms with Crippen LogP contribution in [0.25, 0.3) is 0 Å². The van der Waals surface area contributed by atoms with E-state index in [0.717, 1.165) is 14.3 Å². The van der Waals surface area contributed by atoms with E-state index in [-0.39, 0.29) is 4.90 Å². The van der Waals surface area contributed by atoms with Crippen LogP contribution >= 0.6 is 15.9 Å². The van der Waals surface area contributed by atoms with Gasteiger partial charge >= 0.3 is 0 Å². The molecule has 0 unspecified atom stereocenters. The Morgan fingerprint density at radius 2 is 1.63 bits per heavy atom. The average molecular weight is 489 g/mol. The number of sulfonamides is 1. The van der Waals surface area contributed by atoms with Crippen molar-refractivity contribution in [2.45, 2.75) is 11.8 Å². The van der Waals surface area contributed by atoms with Crippen molar-refractivity contribution in [3.63, 3.8) is 0 Å². The minimum absolute atomic E-state index is 0.112. The van der Waals surface area contributed by atoms with E-state index in [1.807, 2.05) is 6.92 Å². The second-order valence-electron chi connectivity index (χ2n) is 6.55. The van der Waals surface area contributed by atoms with Crippen LogP contribution < -0.4 is 14.4 Å². The lowest BCUT2D eigenvalue weighted by Crippen LogP contribution is -2.38. The van der Waals surface area contributed by atoms with Gasteiger partial charge in [0.2, 0.25) is 5.91 Å². The fourth-order valence-corrected chi connectivity index (χ4v) is 4.51. The van der Waals surface area contributed by atoms with E-state index in [0.29, 0.717) is 17.1 Å². The first-order chi connectivity index (χ1) is 14.3. The molecule has 0 saturated heterocycles. The van der Waals surface area contributed by atoms with Crippen molar-refractivity contribution in [1.29, 1.82) is 0 Å². The molecule has 0 aromatic heterocycles. The van der Waals surface area contributed by atoms with Crippen LogP contribution in [0.4, 0.5) is 11.4 Å². The van der Waals surface area contributed by atoms with Gasteiger partial charge in [-0.3, -0.25) is 9.10 Å². The van der Waals surface area contributed by atoms with Crippen molar-refractivity contribution >= 4 is 43.2 Å². The summed E-state index contributed by atoms with van der Waals surface area (Å²) in [5.41, 5.74) is 1.79. The van der Waals surface area contributed by atoms with Crippen LogP contribution in [0.2, 0.25) is 0 Å². The van der Waals surface area contributed by atoms with Crippen LogP contribution in [-0.2, 0) is 14.8 Å². The molecule has 0 aliphatic carbocycles. The van der Waals surface area contributed by atoms with E-state index in [1.165, 1.54) is 19.2 Å². The summed E-state index contributed by atoms with van der Waals surface area (Å²) in [6.45, 7) is 1.49. The molecule has 3 aromatic carbocycles. The Morgan fingerprint density at radius 3 is 2.27 bits per heavy atom. The van der Waals surface area contributed by atoms with Crippen LogP contribution in [0.5, 0.6) is 5.75 Å². The first-order valence-electron chi connectivity index (χ1n) is 9.09. The molecule has 0 spiro atoms. The molecule has 6 nitrogen and oxygen atoms in total. The molecule has 156 valence electrons. The van der Waals surface area contributed by atoms with Gasteiger partial charge in [0, 0.05) is 4.47 Å². The summed E-state index contributed by atoms with van der Waals surface area (Å²) in [7, 11) is -2.46. The number of carbonyl (C=O) groups excluding carboxylic acids is 1. The molecule has 0 bridgehead atoms. The quantitative estimate of drug-likeness (QED) is 0.527. The molecule has 0 heterocycles. The summed E-state index contributed by atoms with van der Waals surface area (Å²) < 4.78 is 33.8. The standard InChI is InChI=1S/C22H21BrN2O4S/c1-16-7-13-19(14-8-16)30(27,28)25(18-11-9-17(23)10-12-18)15-22(26)24-20-5-3-4-6-21(20)29-2/h3-14H,15H2,1-2H3,(H,24,26). The summed E-state index contributed by atoms with van der Waals surface area (Å²) in [6, 6.07) is 20.2. The third-order valence-corrected chi connectivity index (χ3v) is 6.71. The predicted molar refractivity (Wildman–Crippen MR) is 121 cm³/mol. The highest BCUT2D eigenvalue weighted by molar-refractivity contribution is 9.10. The molecule has 3 rings (SSSR count). The number of hydrogen-bond acceptors (Lipinski definition) is 4. The number of nitrogens with zero attached hydrogens (tertiary/aromatic N) is 1. The fourth-order valence-electron chi connectivity index (χ4n) is 2.83. The number of amides is 1. The molecule has 0 saturated carbocycles. The van der Waals surface area contributed by atoms with Gasteiger partial charge in [-0.1, -0.05) is 45.8 Å². The van der Waals surface area contributed by atoms with Crippen molar-refractivity contribution in [2.24, 2.45) is 0 Å². The van der Waals surface area contributed by atoms with Crippen molar-refractivity contribution in [3.05, 3.63) is 82.8 Å². The third-order valence-electron chi connectivity index (χ3n) is 4.39. The number of para-hydroxylation sites is 2. The van der Waals surface area contributed by atoms with Crippen LogP contribution in [0, 0.1) is 6.92 Å². The lowest BCUT2D eigenvalue weighted by molar-refractivity contribution is -0.114. The number of anilines is 2. The average Bonchev–Trinajstić information content (AvgIpc) is 2.73. The zero-order valence-corrected chi connectivity index (χ0v) is 18.9. The van der Waals surface area contributed by atoms with E-state index in [2.05, 4.69) is 21.2 Å². The number of hydrogen-bond donors (Lipinski definition) is 1. The summed E-state index contributed by atoms with van der Waals surface area (Å²) in [4.78, 5) is 12.9. The van der Waals surface area contributed by atoms with Gasteiger partial charge < -0.3 is 10.1 Å². The minimum atomic E-state index is -3.96. The van der Waals surface area contributed by atoms with Gasteiger partial charge in [0.1, 0.15) is 12.3 Å². The molecular weight excluding hydrogens is 468 g/mol. The molecular formula is C22H21BrN2O4S. The summed E-state index contributed by atoms with van der Waals surface area (Å²) >= 11 is 3.35. The van der Waals surface area contributed by atoms with E-state index >= 15 is 0 Å². The first kappa shape index (κ1) is 21.9. The van der Waals surface area contributed by atoms with Crippen molar-refractivity contribution in [1.82, 2.24) is 0 Å². The Labute approximate surface area is 184 Å². The number of ether oxygens (including phenoxy) is 1. The van der Waals surface area contributed by atoms with Gasteiger partial charge in [0.15, 0.2) is 0 Å². The van der Waals surface area contributed by atoms with Gasteiger partial charge in [0.25, 0.3) is 10.0 Å². The lowest BCUT2D eigenvalue weighted by atomic mass is 10.2. The maximum absolute atomic E-state index is 13.3. The number of aryl methyl sites for hydroxylation is 1. The van der Waals surface area contributed by atoms with E-state index in [1.54, 1.807) is 60.7 Å². The van der Waals surface area contributed by atoms with Gasteiger partial charge in [-0.25, -0.2) is 8.42 Å². The molecule has 0 radical (unpaired) electrons. The molecule has 0 aliphatic rings. The Morgan fingerprint density at radius 1 is 1.00 bits per heavy atom. The Balaban J connectivity index is 1.94. The number of halogens is 1. The second-order valence-corrected chi connectivity index (χ2v) is 9.33. The highest BCUT2D eigenvalue weighted by Crippen LogP contribution is 2.27. The Hall–Kier alpha value is -2.84. The smallest absolute Gasteiger partial charge is 0.264 e. The molecule has 0 fully saturated rings. The van der Waals surface area contributed by atoms with E-state index in [4.69, 9.17) is 4.74 Å². The maximum Gasteiger partial charge on any atom is 0.264 e. The number of rotatable bonds is 7. The molecule has 3 aromatic rings. The normalized spacial score (nSPS) is 11.0. The van der Waals surface area contributed by atoms with Crippen molar-refractivity contribution in [3.8, 4) is 5.75 Å². The third kappa shape index (κ3) is 5.01. The molecule has 0 aliphatic heterocycles. The van der Waals surface area contributed by atoms with Gasteiger partial charge in [0.05, 0.1) is 23.4 Å². The van der Waals surface area contributed by atoms with Crippen LogP contribution in [0.3, 0.4) is 0 Å². The summed E-state index contributed by atoms with van der Waals surface area (Å²) in [6.07, 6.45) is 0. The van der Waals surface area contributed by atoms with E-state index < -0.39 is 22.5 Å². The van der Waals surface area contributed by atoms with E-state index in [9.17, 15) is 13.2 Å². The maximum atomic E-state index is 13.3. The summed E-state index contributed by atoms with van der Waals surface area (Å²) in [5, 5.41) is 2.73. The van der Waals surface area contributed by atoms with Crippen LogP contribution in [0.15, 0.2) is 82.2 Å². The number of methoxy groups -OCH3 is 1. The van der Waals surface area contributed by atoms with Crippen LogP contribution in [0.1, 0.15) is 5.56 Å². The fraction of sp³-hybridized carbons (Fsp3) is 0.136. The molecule has 8 heteroatoms. The Kier molecular flexibility index (Phi) is 6.79. The summed E-state index contributed by atoms with van der Waals surface area (Å²) in [5.74, 6) is 0.000499. The molecule has 1 amide bonds. The van der Waals surface area contributed by atoms with Gasteiger partial charge in [-0.15, -0.1) is 0 Å². The zero-order chi connectivity index (χ0) is 21.7. The zero-order valence-electron chi connectivity index (χ0n) is 16.5. The minimum Gasteiger partial charge on any atom is -0.495 e. The SMILES string of the molecule is COc1ccccc1NC(=O)CN(c1ccc(Br)cc1)S(=O)(=O)c1ccc(C)cc1. The molecule has 1 N–H and O–H groups in total. The number of benzene rings is 3. The monoisotopic (exact) mass is 488 g/mol. The number of carbonyl (C=O) groups is 1. The highest BCUT2D eigenvalue weighted by atomic mass is 79.9. The van der Waals surface area contributed by atoms with Gasteiger partial charge in [-0.05, 0) is 55.5 Å². The largest absolute Gasteiger partial charge is 0.495 e. The lowest BCUT2D eigenvalue weighted by Gasteiger charge is -2.24. The molecule has 0 atom stereocenters. The predicted octanol–water partition coefficient (Wildman–Crippen LogP) is 4.60. The Bertz CT molecular complexity index is 1130. The first-order valence-corrected chi connectivity index (χ1v) is 11.3. The van der Waals surface area contributed by atoms with Crippen molar-refractivity contribution in [2.75, 3.05) is 23.3 Å². The van der Waals surface area contributed by atoms with Crippen LogP contribution in [-0.4, -0.2) is 28.0 Å². The topological polar surface area (TPSA) is 75.7 Å². The number of nitrogens with one attached hydrogen (secondary N) is 1.